The Balaban J connectivity index is 2.23. The van der Waals surface area contributed by atoms with E-state index in [1.165, 1.54) is 6.33 Å². The molecular weight excluding hydrogens is 280 g/mol. The maximum absolute atomic E-state index is 6.17. The van der Waals surface area contributed by atoms with E-state index in [2.05, 4.69) is 32.2 Å². The van der Waals surface area contributed by atoms with Gasteiger partial charge in [0.05, 0.1) is 17.2 Å². The summed E-state index contributed by atoms with van der Waals surface area (Å²) in [5, 5.41) is 3.71. The first kappa shape index (κ1) is 14.2. The standard InChI is InChI=1S/C13H17ClN4S/c1-4-5-11-12(14)15-8-16-13(11)18(3)6-10-7-19-9(2)17-10/h7-8H,4-6H2,1-3H3. The molecule has 102 valence electrons. The summed E-state index contributed by atoms with van der Waals surface area (Å²) in [6.07, 6.45) is 3.42. The molecule has 0 aliphatic carbocycles. The van der Waals surface area contributed by atoms with Crippen LogP contribution in [-0.2, 0) is 13.0 Å². The average Bonchev–Trinajstić information content (AvgIpc) is 2.77. The predicted octanol–water partition coefficient (Wildman–Crippen LogP) is 3.48. The van der Waals surface area contributed by atoms with E-state index in [1.807, 2.05) is 14.0 Å². The Hall–Kier alpha value is -1.20. The monoisotopic (exact) mass is 296 g/mol. The lowest BCUT2D eigenvalue weighted by atomic mass is 10.2. The van der Waals surface area contributed by atoms with E-state index < -0.39 is 0 Å². The van der Waals surface area contributed by atoms with E-state index in [1.54, 1.807) is 11.3 Å². The molecule has 4 nitrogen and oxygen atoms in total. The van der Waals surface area contributed by atoms with Gasteiger partial charge in [-0.15, -0.1) is 11.3 Å². The molecule has 0 aliphatic heterocycles. The number of nitrogens with zero attached hydrogens (tertiary/aromatic N) is 4. The summed E-state index contributed by atoms with van der Waals surface area (Å²) in [6.45, 7) is 4.86. The Kier molecular flexibility index (Phi) is 4.71. The van der Waals surface area contributed by atoms with E-state index in [-0.39, 0.29) is 0 Å². The van der Waals surface area contributed by atoms with Gasteiger partial charge in [-0.3, -0.25) is 0 Å². The summed E-state index contributed by atoms with van der Waals surface area (Å²) in [5.74, 6) is 0.896. The molecule has 0 radical (unpaired) electrons. The maximum Gasteiger partial charge on any atom is 0.137 e. The second-order valence-corrected chi connectivity index (χ2v) is 5.85. The highest BCUT2D eigenvalue weighted by Gasteiger charge is 2.14. The van der Waals surface area contributed by atoms with Crippen molar-refractivity contribution in [2.75, 3.05) is 11.9 Å². The van der Waals surface area contributed by atoms with Crippen LogP contribution in [0.5, 0.6) is 0 Å². The van der Waals surface area contributed by atoms with Crippen LogP contribution < -0.4 is 4.90 Å². The molecule has 0 bridgehead atoms. The number of thiazole rings is 1. The minimum atomic E-state index is 0.549. The lowest BCUT2D eigenvalue weighted by molar-refractivity contribution is 0.829. The van der Waals surface area contributed by atoms with E-state index in [0.717, 1.165) is 41.5 Å². The van der Waals surface area contributed by atoms with Crippen molar-refractivity contribution in [3.63, 3.8) is 0 Å². The van der Waals surface area contributed by atoms with Gasteiger partial charge in [0.15, 0.2) is 0 Å². The number of halogens is 1. The zero-order valence-corrected chi connectivity index (χ0v) is 12.9. The van der Waals surface area contributed by atoms with Gasteiger partial charge < -0.3 is 4.90 Å². The maximum atomic E-state index is 6.17. The molecule has 0 fully saturated rings. The summed E-state index contributed by atoms with van der Waals surface area (Å²) < 4.78 is 0. The van der Waals surface area contributed by atoms with Gasteiger partial charge in [0, 0.05) is 18.0 Å². The highest BCUT2D eigenvalue weighted by Crippen LogP contribution is 2.25. The quantitative estimate of drug-likeness (QED) is 0.792. The Morgan fingerprint density at radius 1 is 1.37 bits per heavy atom. The molecule has 6 heteroatoms. The molecule has 19 heavy (non-hydrogen) atoms. The van der Waals surface area contributed by atoms with Crippen LogP contribution >= 0.6 is 22.9 Å². The van der Waals surface area contributed by atoms with Crippen molar-refractivity contribution >= 4 is 28.8 Å². The minimum Gasteiger partial charge on any atom is -0.353 e. The summed E-state index contributed by atoms with van der Waals surface area (Å²) in [6, 6.07) is 0. The SMILES string of the molecule is CCCc1c(Cl)ncnc1N(C)Cc1csc(C)n1. The van der Waals surface area contributed by atoms with Crippen LogP contribution in [0.3, 0.4) is 0 Å². The molecule has 0 atom stereocenters. The zero-order valence-electron chi connectivity index (χ0n) is 11.4. The molecular formula is C13H17ClN4S. The van der Waals surface area contributed by atoms with Crippen molar-refractivity contribution in [2.45, 2.75) is 33.2 Å². The molecule has 0 aliphatic rings. The molecule has 0 spiro atoms. The Bertz CT molecular complexity index is 555. The van der Waals surface area contributed by atoms with E-state index in [4.69, 9.17) is 11.6 Å². The fraction of sp³-hybridized carbons (Fsp3) is 0.462. The molecule has 0 N–H and O–H groups in total. The Morgan fingerprint density at radius 2 is 2.16 bits per heavy atom. The van der Waals surface area contributed by atoms with Gasteiger partial charge in [-0.1, -0.05) is 24.9 Å². The second-order valence-electron chi connectivity index (χ2n) is 4.43. The lowest BCUT2D eigenvalue weighted by Crippen LogP contribution is -2.20. The topological polar surface area (TPSA) is 41.9 Å². The third-order valence-corrected chi connectivity index (χ3v) is 3.95. The highest BCUT2D eigenvalue weighted by molar-refractivity contribution is 7.09. The molecule has 0 aromatic carbocycles. The Labute approximate surface area is 122 Å². The van der Waals surface area contributed by atoms with Gasteiger partial charge >= 0.3 is 0 Å². The molecule has 0 amide bonds. The third kappa shape index (κ3) is 3.42. The first-order valence-electron chi connectivity index (χ1n) is 6.23. The van der Waals surface area contributed by atoms with Crippen LogP contribution in [0.1, 0.15) is 29.6 Å². The van der Waals surface area contributed by atoms with Crippen molar-refractivity contribution < 1.29 is 0 Å². The van der Waals surface area contributed by atoms with E-state index in [9.17, 15) is 0 Å². The third-order valence-electron chi connectivity index (χ3n) is 2.80. The number of anilines is 1. The van der Waals surface area contributed by atoms with Crippen molar-refractivity contribution in [3.05, 3.63) is 33.1 Å². The van der Waals surface area contributed by atoms with Crippen LogP contribution in [0.25, 0.3) is 0 Å². The van der Waals surface area contributed by atoms with Crippen molar-refractivity contribution in [2.24, 2.45) is 0 Å². The van der Waals surface area contributed by atoms with Gasteiger partial charge in [-0.25, -0.2) is 15.0 Å². The number of hydrogen-bond acceptors (Lipinski definition) is 5. The summed E-state index contributed by atoms with van der Waals surface area (Å²) in [4.78, 5) is 15.0. The van der Waals surface area contributed by atoms with Gasteiger partial charge in [0.25, 0.3) is 0 Å². The summed E-state index contributed by atoms with van der Waals surface area (Å²) in [7, 11) is 2.01. The smallest absolute Gasteiger partial charge is 0.137 e. The fourth-order valence-electron chi connectivity index (χ4n) is 1.97. The van der Waals surface area contributed by atoms with Crippen LogP contribution in [0, 0.1) is 6.92 Å². The highest BCUT2D eigenvalue weighted by atomic mass is 35.5. The number of rotatable bonds is 5. The van der Waals surface area contributed by atoms with Crippen LogP contribution in [0.2, 0.25) is 5.15 Å². The normalized spacial score (nSPS) is 10.7. The lowest BCUT2D eigenvalue weighted by Gasteiger charge is -2.20. The molecule has 2 aromatic rings. The fourth-order valence-corrected chi connectivity index (χ4v) is 2.80. The van der Waals surface area contributed by atoms with Crippen molar-refractivity contribution in [1.29, 1.82) is 0 Å². The zero-order chi connectivity index (χ0) is 13.8. The molecule has 2 rings (SSSR count). The largest absolute Gasteiger partial charge is 0.353 e. The molecule has 0 saturated carbocycles. The van der Waals surface area contributed by atoms with Gasteiger partial charge in [0.2, 0.25) is 0 Å². The first-order valence-corrected chi connectivity index (χ1v) is 7.49. The van der Waals surface area contributed by atoms with Crippen LogP contribution in [0.15, 0.2) is 11.7 Å². The van der Waals surface area contributed by atoms with Crippen LogP contribution in [0.4, 0.5) is 5.82 Å². The number of aryl methyl sites for hydroxylation is 1. The minimum absolute atomic E-state index is 0.549. The molecule has 0 unspecified atom stereocenters. The van der Waals surface area contributed by atoms with E-state index >= 15 is 0 Å². The molecule has 2 heterocycles. The number of hydrogen-bond donors (Lipinski definition) is 0. The van der Waals surface area contributed by atoms with Gasteiger partial charge in [-0.2, -0.15) is 0 Å². The van der Waals surface area contributed by atoms with Crippen molar-refractivity contribution in [1.82, 2.24) is 15.0 Å². The summed E-state index contributed by atoms with van der Waals surface area (Å²) >= 11 is 7.83. The Morgan fingerprint density at radius 3 is 2.79 bits per heavy atom. The summed E-state index contributed by atoms with van der Waals surface area (Å²) in [5.41, 5.74) is 2.07. The van der Waals surface area contributed by atoms with Crippen LogP contribution in [-0.4, -0.2) is 22.0 Å². The van der Waals surface area contributed by atoms with Gasteiger partial charge in [0.1, 0.15) is 17.3 Å². The number of aromatic nitrogens is 3. The first-order chi connectivity index (χ1) is 9.11. The van der Waals surface area contributed by atoms with E-state index in [0.29, 0.717) is 5.15 Å². The second kappa shape index (κ2) is 6.30. The molecule has 2 aromatic heterocycles. The predicted molar refractivity (Wildman–Crippen MR) is 80.0 cm³/mol. The van der Waals surface area contributed by atoms with Crippen molar-refractivity contribution in [3.8, 4) is 0 Å². The van der Waals surface area contributed by atoms with Gasteiger partial charge in [-0.05, 0) is 13.3 Å². The average molecular weight is 297 g/mol. The molecule has 0 saturated heterocycles.